The van der Waals surface area contributed by atoms with Crippen molar-refractivity contribution < 1.29 is 19.1 Å². The molecule has 21 heavy (non-hydrogen) atoms. The van der Waals surface area contributed by atoms with E-state index in [1.54, 1.807) is 30.3 Å². The summed E-state index contributed by atoms with van der Waals surface area (Å²) in [5.41, 5.74) is 0.482. The van der Waals surface area contributed by atoms with Crippen LogP contribution in [0.3, 0.4) is 0 Å². The highest BCUT2D eigenvalue weighted by Crippen LogP contribution is 2.24. The third-order valence-corrected chi connectivity index (χ3v) is 3.43. The van der Waals surface area contributed by atoms with Crippen LogP contribution in [0.15, 0.2) is 36.1 Å². The van der Waals surface area contributed by atoms with Crippen LogP contribution in [0.25, 0.3) is 0 Å². The molecule has 0 saturated heterocycles. The van der Waals surface area contributed by atoms with Crippen molar-refractivity contribution in [3.8, 4) is 0 Å². The molecule has 1 heterocycles. The summed E-state index contributed by atoms with van der Waals surface area (Å²) in [4.78, 5) is 24.1. The Kier molecular flexibility index (Phi) is 5.22. The summed E-state index contributed by atoms with van der Waals surface area (Å²) in [7, 11) is 1.26. The second-order valence-electron chi connectivity index (χ2n) is 4.51. The van der Waals surface area contributed by atoms with Gasteiger partial charge in [-0.05, 0) is 25.0 Å². The number of allylic oxidation sites excluding steroid dienone is 1. The lowest BCUT2D eigenvalue weighted by Crippen LogP contribution is -2.36. The molecule has 112 valence electrons. The Morgan fingerprint density at radius 2 is 2.14 bits per heavy atom. The van der Waals surface area contributed by atoms with E-state index in [4.69, 9.17) is 21.1 Å². The van der Waals surface area contributed by atoms with Gasteiger partial charge in [0.2, 0.25) is 0 Å². The molecule has 0 aromatic heterocycles. The van der Waals surface area contributed by atoms with Crippen molar-refractivity contribution in [1.29, 1.82) is 0 Å². The number of rotatable bonds is 4. The Bertz CT molecular complexity index is 571. The number of hydrogen-bond donors (Lipinski definition) is 1. The van der Waals surface area contributed by atoms with Crippen molar-refractivity contribution in [3.05, 3.63) is 46.7 Å². The molecule has 1 atom stereocenters. The van der Waals surface area contributed by atoms with Crippen molar-refractivity contribution in [2.24, 2.45) is 0 Å². The Labute approximate surface area is 127 Å². The van der Waals surface area contributed by atoms with Gasteiger partial charge in [0.15, 0.2) is 11.8 Å². The number of ether oxygens (including phenoxy) is 2. The number of halogens is 1. The van der Waals surface area contributed by atoms with E-state index < -0.39 is 17.9 Å². The molecule has 0 bridgehead atoms. The van der Waals surface area contributed by atoms with Crippen LogP contribution < -0.4 is 5.32 Å². The van der Waals surface area contributed by atoms with Gasteiger partial charge in [-0.25, -0.2) is 4.79 Å². The lowest BCUT2D eigenvalue weighted by Gasteiger charge is -2.20. The van der Waals surface area contributed by atoms with Crippen molar-refractivity contribution in [2.45, 2.75) is 18.9 Å². The summed E-state index contributed by atoms with van der Waals surface area (Å²) >= 11 is 6.08. The van der Waals surface area contributed by atoms with Crippen LogP contribution in [0.1, 0.15) is 24.4 Å². The smallest absolute Gasteiger partial charge is 0.333 e. The highest BCUT2D eigenvalue weighted by atomic mass is 35.5. The molecule has 2 rings (SSSR count). The number of esters is 1. The van der Waals surface area contributed by atoms with Crippen LogP contribution in [0, 0.1) is 0 Å². The van der Waals surface area contributed by atoms with E-state index >= 15 is 0 Å². The van der Waals surface area contributed by atoms with Gasteiger partial charge in [-0.3, -0.25) is 4.79 Å². The highest BCUT2D eigenvalue weighted by molar-refractivity contribution is 6.31. The fourth-order valence-electron chi connectivity index (χ4n) is 2.01. The van der Waals surface area contributed by atoms with Gasteiger partial charge in [0.25, 0.3) is 5.91 Å². The summed E-state index contributed by atoms with van der Waals surface area (Å²) in [5.74, 6) is -0.819. The van der Waals surface area contributed by atoms with Crippen LogP contribution >= 0.6 is 11.6 Å². The molecule has 1 N–H and O–H groups in total. The molecule has 1 aromatic rings. The van der Waals surface area contributed by atoms with Gasteiger partial charge < -0.3 is 14.8 Å². The number of nitrogens with one attached hydrogen (secondary N) is 1. The van der Waals surface area contributed by atoms with Crippen LogP contribution in [0.5, 0.6) is 0 Å². The van der Waals surface area contributed by atoms with Crippen LogP contribution in [-0.2, 0) is 19.1 Å². The van der Waals surface area contributed by atoms with Gasteiger partial charge in [-0.15, -0.1) is 0 Å². The third kappa shape index (κ3) is 3.76. The molecule has 0 aliphatic carbocycles. The molecular formula is C15H16ClNO4. The number of hydrogen-bond acceptors (Lipinski definition) is 4. The first-order chi connectivity index (χ1) is 10.1. The maximum Gasteiger partial charge on any atom is 0.333 e. The summed E-state index contributed by atoms with van der Waals surface area (Å²) in [6.45, 7) is 0.494. The summed E-state index contributed by atoms with van der Waals surface area (Å²) in [5, 5.41) is 2.98. The van der Waals surface area contributed by atoms with E-state index in [9.17, 15) is 9.59 Å². The van der Waals surface area contributed by atoms with Gasteiger partial charge in [-0.2, -0.15) is 0 Å². The van der Waals surface area contributed by atoms with E-state index in [0.717, 1.165) is 12.8 Å². The largest absolute Gasteiger partial charge is 0.488 e. The lowest BCUT2D eigenvalue weighted by atomic mass is 10.1. The number of carbonyl (C=O) groups excluding carboxylic acids is 2. The second kappa shape index (κ2) is 7.13. The Hall–Kier alpha value is -2.01. The standard InChI is InChI=1S/C15H16ClNO4/c1-20-15(19)13(10-6-2-3-7-11(10)16)17-14(18)12-8-4-5-9-21-12/h2-3,6-8,13H,4-5,9H2,1H3,(H,17,18)/t13-/m0/s1. The number of carbonyl (C=O) groups is 2. The van der Waals surface area contributed by atoms with E-state index in [1.807, 2.05) is 0 Å². The average molecular weight is 310 g/mol. The van der Waals surface area contributed by atoms with Crippen molar-refractivity contribution in [1.82, 2.24) is 5.32 Å². The Morgan fingerprint density at radius 3 is 2.76 bits per heavy atom. The van der Waals surface area contributed by atoms with Gasteiger partial charge >= 0.3 is 5.97 Å². The van der Waals surface area contributed by atoms with E-state index in [0.29, 0.717) is 17.2 Å². The normalized spacial score (nSPS) is 15.4. The molecule has 0 unspecified atom stereocenters. The second-order valence-corrected chi connectivity index (χ2v) is 4.92. The zero-order valence-electron chi connectivity index (χ0n) is 11.6. The van der Waals surface area contributed by atoms with E-state index in [-0.39, 0.29) is 5.76 Å². The predicted octanol–water partition coefficient (Wildman–Crippen LogP) is 2.36. The Morgan fingerprint density at radius 1 is 1.38 bits per heavy atom. The molecule has 1 aliphatic heterocycles. The molecule has 1 aromatic carbocycles. The summed E-state index contributed by atoms with van der Waals surface area (Å²) in [6, 6.07) is 5.83. The van der Waals surface area contributed by atoms with Crippen molar-refractivity contribution in [2.75, 3.05) is 13.7 Å². The first-order valence-corrected chi connectivity index (χ1v) is 6.97. The fraction of sp³-hybridized carbons (Fsp3) is 0.333. The first kappa shape index (κ1) is 15.4. The monoisotopic (exact) mass is 309 g/mol. The van der Waals surface area contributed by atoms with Crippen LogP contribution in [-0.4, -0.2) is 25.6 Å². The third-order valence-electron chi connectivity index (χ3n) is 3.09. The fourth-order valence-corrected chi connectivity index (χ4v) is 2.25. The molecule has 0 radical (unpaired) electrons. The summed E-state index contributed by atoms with van der Waals surface area (Å²) < 4.78 is 10.0. The Balaban J connectivity index is 2.21. The molecule has 1 aliphatic rings. The molecule has 6 heteroatoms. The van der Waals surface area contributed by atoms with Gasteiger partial charge in [0.05, 0.1) is 13.7 Å². The zero-order valence-corrected chi connectivity index (χ0v) is 12.4. The minimum Gasteiger partial charge on any atom is -0.488 e. The SMILES string of the molecule is COC(=O)[C@@H](NC(=O)C1=CCCCO1)c1ccccc1Cl. The highest BCUT2D eigenvalue weighted by Gasteiger charge is 2.27. The van der Waals surface area contributed by atoms with Gasteiger partial charge in [0, 0.05) is 10.6 Å². The van der Waals surface area contributed by atoms with E-state index in [1.165, 1.54) is 7.11 Å². The van der Waals surface area contributed by atoms with Gasteiger partial charge in [-0.1, -0.05) is 29.8 Å². The number of benzene rings is 1. The van der Waals surface area contributed by atoms with E-state index in [2.05, 4.69) is 5.32 Å². The van der Waals surface area contributed by atoms with Crippen LogP contribution in [0.2, 0.25) is 5.02 Å². The topological polar surface area (TPSA) is 64.6 Å². The molecule has 1 amide bonds. The molecule has 0 fully saturated rings. The van der Waals surface area contributed by atoms with Crippen LogP contribution in [0.4, 0.5) is 0 Å². The molecule has 0 spiro atoms. The molecule has 0 saturated carbocycles. The minimum absolute atomic E-state index is 0.224. The minimum atomic E-state index is -0.970. The predicted molar refractivity (Wildman–Crippen MR) is 77.6 cm³/mol. The average Bonchev–Trinajstić information content (AvgIpc) is 2.53. The summed E-state index contributed by atoms with van der Waals surface area (Å²) in [6.07, 6.45) is 3.36. The van der Waals surface area contributed by atoms with Crippen molar-refractivity contribution >= 4 is 23.5 Å². The molecule has 5 nitrogen and oxygen atoms in total. The molecular weight excluding hydrogens is 294 g/mol. The first-order valence-electron chi connectivity index (χ1n) is 6.59. The van der Waals surface area contributed by atoms with Crippen molar-refractivity contribution in [3.63, 3.8) is 0 Å². The maximum atomic E-state index is 12.2. The van der Waals surface area contributed by atoms with Gasteiger partial charge in [0.1, 0.15) is 0 Å². The number of methoxy groups -OCH3 is 1. The lowest BCUT2D eigenvalue weighted by molar-refractivity contribution is -0.145. The zero-order chi connectivity index (χ0) is 15.2. The maximum absolute atomic E-state index is 12.2. The quantitative estimate of drug-likeness (QED) is 0.867. The number of amides is 1.